The number of carbonyl (C=O) groups is 1. The van der Waals surface area contributed by atoms with Crippen molar-refractivity contribution in [2.24, 2.45) is 11.7 Å². The highest BCUT2D eigenvalue weighted by atomic mass is 35.5. The largest absolute Gasteiger partial charge is 0.352 e. The Morgan fingerprint density at radius 3 is 2.56 bits per heavy atom. The van der Waals surface area contributed by atoms with Gasteiger partial charge in [-0.3, -0.25) is 9.69 Å². The number of piperazine rings is 1. The number of carbonyl (C=O) groups excluding carboxylic acids is 1. The number of nitrogens with zero attached hydrogens (tertiary/aromatic N) is 4. The minimum absolute atomic E-state index is 0.283. The van der Waals surface area contributed by atoms with Crippen LogP contribution >= 0.6 is 11.6 Å². The fourth-order valence-electron chi connectivity index (χ4n) is 4.49. The van der Waals surface area contributed by atoms with E-state index in [0.29, 0.717) is 30.1 Å². The summed E-state index contributed by atoms with van der Waals surface area (Å²) in [5, 5.41) is 0.673. The molecule has 1 aromatic heterocycles. The first-order chi connectivity index (χ1) is 13.2. The Morgan fingerprint density at radius 1 is 1.15 bits per heavy atom. The maximum Gasteiger partial charge on any atom is 0.224 e. The van der Waals surface area contributed by atoms with Gasteiger partial charge in [0.15, 0.2) is 0 Å². The van der Waals surface area contributed by atoms with Crippen LogP contribution in [0.25, 0.3) is 0 Å². The van der Waals surface area contributed by atoms with Crippen LogP contribution in [-0.4, -0.2) is 72.0 Å². The number of nitrogens with two attached hydrogens (primary N) is 1. The van der Waals surface area contributed by atoms with Gasteiger partial charge in [0.2, 0.25) is 5.91 Å². The number of likely N-dealkylation sites (tertiary alicyclic amines) is 1. The molecule has 3 aliphatic rings. The standard InChI is InChI=1S/C20H30ClN5O/c21-18-2-1-7-23-20(18)25-10-8-24(9-11-25)19(27)12-16-5-6-17(13-22)26(16)14-15-3-4-15/h1-2,7,15-17H,3-6,8-14,22H2/t16-,17+/m0/s1. The van der Waals surface area contributed by atoms with E-state index in [9.17, 15) is 4.79 Å². The number of pyridine rings is 1. The van der Waals surface area contributed by atoms with Crippen LogP contribution in [0.2, 0.25) is 5.02 Å². The molecule has 7 heteroatoms. The Labute approximate surface area is 166 Å². The molecule has 1 amide bonds. The van der Waals surface area contributed by atoms with Crippen molar-refractivity contribution in [2.75, 3.05) is 44.2 Å². The smallest absolute Gasteiger partial charge is 0.224 e. The molecule has 0 unspecified atom stereocenters. The fourth-order valence-corrected chi connectivity index (χ4v) is 4.73. The summed E-state index contributed by atoms with van der Waals surface area (Å²) in [5.74, 6) is 1.94. The quantitative estimate of drug-likeness (QED) is 0.803. The van der Waals surface area contributed by atoms with E-state index in [0.717, 1.165) is 57.3 Å². The molecule has 0 radical (unpaired) electrons. The van der Waals surface area contributed by atoms with Crippen molar-refractivity contribution in [1.82, 2.24) is 14.8 Å². The van der Waals surface area contributed by atoms with Crippen LogP contribution in [0.4, 0.5) is 5.82 Å². The van der Waals surface area contributed by atoms with Gasteiger partial charge < -0.3 is 15.5 Å². The SMILES string of the molecule is NC[C@H]1CC[C@@H](CC(=O)N2CCN(c3ncccc3Cl)CC2)N1CC1CC1. The zero-order valence-corrected chi connectivity index (χ0v) is 16.7. The lowest BCUT2D eigenvalue weighted by Gasteiger charge is -2.37. The number of hydrogen-bond acceptors (Lipinski definition) is 5. The number of amides is 1. The molecule has 0 bridgehead atoms. The van der Waals surface area contributed by atoms with E-state index >= 15 is 0 Å². The lowest BCUT2D eigenvalue weighted by atomic mass is 10.1. The average molecular weight is 392 g/mol. The first kappa shape index (κ1) is 19.0. The molecule has 1 aromatic rings. The molecule has 27 heavy (non-hydrogen) atoms. The van der Waals surface area contributed by atoms with Gasteiger partial charge in [-0.25, -0.2) is 4.98 Å². The fraction of sp³-hybridized carbons (Fsp3) is 0.700. The summed E-state index contributed by atoms with van der Waals surface area (Å²) in [4.78, 5) is 24.0. The Morgan fingerprint density at radius 2 is 1.89 bits per heavy atom. The molecule has 3 fully saturated rings. The highest BCUT2D eigenvalue weighted by Gasteiger charge is 2.38. The van der Waals surface area contributed by atoms with Crippen molar-refractivity contribution in [3.63, 3.8) is 0 Å². The number of hydrogen-bond donors (Lipinski definition) is 1. The topological polar surface area (TPSA) is 65.7 Å². The van der Waals surface area contributed by atoms with Crippen LogP contribution in [-0.2, 0) is 4.79 Å². The number of rotatable bonds is 6. The van der Waals surface area contributed by atoms with Crippen LogP contribution in [0.1, 0.15) is 32.1 Å². The van der Waals surface area contributed by atoms with Crippen LogP contribution in [0.5, 0.6) is 0 Å². The maximum atomic E-state index is 12.9. The van der Waals surface area contributed by atoms with Crippen molar-refractivity contribution in [3.05, 3.63) is 23.4 Å². The molecular formula is C20H30ClN5O. The minimum atomic E-state index is 0.283. The van der Waals surface area contributed by atoms with Crippen molar-refractivity contribution in [1.29, 1.82) is 0 Å². The average Bonchev–Trinajstić information content (AvgIpc) is 3.43. The van der Waals surface area contributed by atoms with Gasteiger partial charge >= 0.3 is 0 Å². The molecule has 3 heterocycles. The predicted molar refractivity (Wildman–Crippen MR) is 108 cm³/mol. The van der Waals surface area contributed by atoms with Gasteiger partial charge in [0.05, 0.1) is 5.02 Å². The highest BCUT2D eigenvalue weighted by Crippen LogP contribution is 2.35. The first-order valence-corrected chi connectivity index (χ1v) is 10.6. The van der Waals surface area contributed by atoms with E-state index in [1.807, 2.05) is 17.0 Å². The molecular weight excluding hydrogens is 362 g/mol. The van der Waals surface area contributed by atoms with Crippen LogP contribution in [0, 0.1) is 5.92 Å². The molecule has 6 nitrogen and oxygen atoms in total. The Bertz CT molecular complexity index is 660. The summed E-state index contributed by atoms with van der Waals surface area (Å²) in [6.45, 7) is 4.88. The summed E-state index contributed by atoms with van der Waals surface area (Å²) in [7, 11) is 0. The molecule has 0 spiro atoms. The molecule has 2 atom stereocenters. The molecule has 1 saturated carbocycles. The van der Waals surface area contributed by atoms with E-state index in [1.165, 1.54) is 12.8 Å². The van der Waals surface area contributed by atoms with Crippen molar-refractivity contribution >= 4 is 23.3 Å². The van der Waals surface area contributed by atoms with Crippen molar-refractivity contribution in [2.45, 2.75) is 44.2 Å². The van der Waals surface area contributed by atoms with Crippen molar-refractivity contribution in [3.8, 4) is 0 Å². The van der Waals surface area contributed by atoms with Crippen LogP contribution in [0.15, 0.2) is 18.3 Å². The third-order valence-electron chi connectivity index (χ3n) is 6.29. The minimum Gasteiger partial charge on any atom is -0.352 e. The van der Waals surface area contributed by atoms with Gasteiger partial charge in [-0.1, -0.05) is 11.6 Å². The van der Waals surface area contributed by atoms with Gasteiger partial charge in [0.25, 0.3) is 0 Å². The van der Waals surface area contributed by atoms with E-state index in [4.69, 9.17) is 17.3 Å². The Hall–Kier alpha value is -1.37. The number of halogens is 1. The van der Waals surface area contributed by atoms with Gasteiger partial charge in [-0.05, 0) is 43.7 Å². The molecule has 148 valence electrons. The molecule has 1 aliphatic carbocycles. The summed E-state index contributed by atoms with van der Waals surface area (Å²) in [6, 6.07) is 4.54. The van der Waals surface area contributed by atoms with E-state index in [-0.39, 0.29) is 5.91 Å². The zero-order valence-electron chi connectivity index (χ0n) is 15.9. The van der Waals surface area contributed by atoms with Gasteiger partial charge in [-0.2, -0.15) is 0 Å². The van der Waals surface area contributed by atoms with E-state index < -0.39 is 0 Å². The third kappa shape index (κ3) is 4.39. The second-order valence-corrected chi connectivity index (χ2v) is 8.55. The number of anilines is 1. The number of aromatic nitrogens is 1. The summed E-state index contributed by atoms with van der Waals surface area (Å²) in [6.07, 6.45) is 7.31. The van der Waals surface area contributed by atoms with Gasteiger partial charge in [0.1, 0.15) is 5.82 Å². The van der Waals surface area contributed by atoms with Gasteiger partial charge in [0, 0.05) is 64.0 Å². The normalized spacial score (nSPS) is 26.6. The van der Waals surface area contributed by atoms with Crippen LogP contribution < -0.4 is 10.6 Å². The van der Waals surface area contributed by atoms with Gasteiger partial charge in [-0.15, -0.1) is 0 Å². The maximum absolute atomic E-state index is 12.9. The highest BCUT2D eigenvalue weighted by molar-refractivity contribution is 6.32. The molecule has 2 saturated heterocycles. The van der Waals surface area contributed by atoms with Crippen LogP contribution in [0.3, 0.4) is 0 Å². The summed E-state index contributed by atoms with van der Waals surface area (Å²) >= 11 is 6.26. The molecule has 2 N–H and O–H groups in total. The first-order valence-electron chi connectivity index (χ1n) is 10.2. The monoisotopic (exact) mass is 391 g/mol. The Kier molecular flexibility index (Phi) is 5.85. The van der Waals surface area contributed by atoms with E-state index in [2.05, 4.69) is 14.8 Å². The zero-order chi connectivity index (χ0) is 18.8. The molecule has 4 rings (SSSR count). The summed E-state index contributed by atoms with van der Waals surface area (Å²) < 4.78 is 0. The summed E-state index contributed by atoms with van der Waals surface area (Å²) in [5.41, 5.74) is 5.98. The molecule has 0 aromatic carbocycles. The Balaban J connectivity index is 1.31. The lowest BCUT2D eigenvalue weighted by molar-refractivity contribution is -0.132. The second kappa shape index (κ2) is 8.33. The lowest BCUT2D eigenvalue weighted by Crippen LogP contribution is -2.50. The second-order valence-electron chi connectivity index (χ2n) is 8.14. The van der Waals surface area contributed by atoms with E-state index in [1.54, 1.807) is 6.20 Å². The predicted octanol–water partition coefficient (Wildman–Crippen LogP) is 1.98. The van der Waals surface area contributed by atoms with Crippen molar-refractivity contribution < 1.29 is 4.79 Å². The molecule has 2 aliphatic heterocycles. The third-order valence-corrected chi connectivity index (χ3v) is 6.59.